The number of Topliss-reactive ketones (excluding diaryl/α,β-unsaturated/α-hetero) is 2. The fraction of sp³-hybridized carbons (Fsp3) is 0.300. The summed E-state index contributed by atoms with van der Waals surface area (Å²) < 4.78 is 0.717. The first-order valence-electron chi connectivity index (χ1n) is 8.80. The summed E-state index contributed by atoms with van der Waals surface area (Å²) in [5, 5.41) is 12.3. The Labute approximate surface area is 172 Å². The minimum Gasteiger partial charge on any atom is -0.355 e. The predicted molar refractivity (Wildman–Crippen MR) is 114 cm³/mol. The summed E-state index contributed by atoms with van der Waals surface area (Å²) in [6, 6.07) is 6.06. The van der Waals surface area contributed by atoms with Crippen molar-refractivity contribution in [1.82, 2.24) is 15.2 Å². The highest BCUT2D eigenvalue weighted by molar-refractivity contribution is 8.01. The number of nitrogens with zero attached hydrogens (tertiary/aromatic N) is 2. The van der Waals surface area contributed by atoms with Crippen molar-refractivity contribution in [1.29, 1.82) is 0 Å². The van der Waals surface area contributed by atoms with Gasteiger partial charge in [-0.05, 0) is 57.4 Å². The largest absolute Gasteiger partial charge is 0.355 e. The van der Waals surface area contributed by atoms with Gasteiger partial charge in [-0.15, -0.1) is 10.2 Å². The van der Waals surface area contributed by atoms with Gasteiger partial charge in [0.1, 0.15) is 0 Å². The fourth-order valence-electron chi connectivity index (χ4n) is 3.08. The number of hydrogen-bond acceptors (Lipinski definition) is 7. The van der Waals surface area contributed by atoms with Gasteiger partial charge in [0, 0.05) is 16.9 Å². The number of aryl methyl sites for hydroxylation is 2. The monoisotopic (exact) mass is 414 g/mol. The number of aromatic amines is 1. The van der Waals surface area contributed by atoms with E-state index in [0.717, 1.165) is 11.4 Å². The van der Waals surface area contributed by atoms with Crippen LogP contribution in [0.25, 0.3) is 0 Å². The van der Waals surface area contributed by atoms with Crippen molar-refractivity contribution in [2.75, 3.05) is 11.1 Å². The van der Waals surface area contributed by atoms with Gasteiger partial charge >= 0.3 is 0 Å². The molecular weight excluding hydrogens is 392 g/mol. The van der Waals surface area contributed by atoms with Crippen LogP contribution in [0.15, 0.2) is 22.5 Å². The van der Waals surface area contributed by atoms with Crippen molar-refractivity contribution in [3.05, 3.63) is 51.8 Å². The molecule has 0 unspecified atom stereocenters. The molecule has 0 aliphatic heterocycles. The standard InChI is InChI=1S/C20H22N4O2S2/c1-10-7-6-8-15(11(10)2)22-19-23-24-20(28-19)27-9-16(26)18-12(3)17(14(5)25)13(4)21-18/h6-8,21H,9H2,1-5H3,(H,22,23). The van der Waals surface area contributed by atoms with Gasteiger partial charge in [-0.3, -0.25) is 9.59 Å². The molecule has 0 saturated heterocycles. The van der Waals surface area contributed by atoms with Crippen LogP contribution in [-0.2, 0) is 0 Å². The molecule has 0 fully saturated rings. The molecule has 8 heteroatoms. The van der Waals surface area contributed by atoms with Crippen LogP contribution >= 0.6 is 23.1 Å². The van der Waals surface area contributed by atoms with E-state index in [1.165, 1.54) is 41.1 Å². The number of benzene rings is 1. The molecule has 0 aliphatic carbocycles. The Balaban J connectivity index is 1.66. The number of H-pyrrole nitrogens is 1. The van der Waals surface area contributed by atoms with Crippen LogP contribution in [0, 0.1) is 27.7 Å². The zero-order valence-corrected chi connectivity index (χ0v) is 18.1. The topological polar surface area (TPSA) is 87.7 Å². The van der Waals surface area contributed by atoms with E-state index in [1.807, 2.05) is 19.1 Å². The Morgan fingerprint density at radius 3 is 2.57 bits per heavy atom. The Kier molecular flexibility index (Phi) is 6.00. The smallest absolute Gasteiger partial charge is 0.210 e. The third-order valence-corrected chi connectivity index (χ3v) is 6.62. The number of aromatic nitrogens is 3. The summed E-state index contributed by atoms with van der Waals surface area (Å²) in [6.07, 6.45) is 0. The van der Waals surface area contributed by atoms with E-state index in [1.54, 1.807) is 6.92 Å². The quantitative estimate of drug-likeness (QED) is 0.417. The number of hydrogen-bond donors (Lipinski definition) is 2. The van der Waals surface area contributed by atoms with Crippen molar-refractivity contribution in [3.63, 3.8) is 0 Å². The number of nitrogens with one attached hydrogen (secondary N) is 2. The fourth-order valence-corrected chi connectivity index (χ4v) is 4.71. The number of carbonyl (C=O) groups excluding carboxylic acids is 2. The van der Waals surface area contributed by atoms with Crippen molar-refractivity contribution >= 4 is 45.5 Å². The average molecular weight is 415 g/mol. The zero-order valence-electron chi connectivity index (χ0n) is 16.5. The van der Waals surface area contributed by atoms with Crippen LogP contribution in [0.1, 0.15) is 50.2 Å². The molecule has 6 nitrogen and oxygen atoms in total. The van der Waals surface area contributed by atoms with Gasteiger partial charge < -0.3 is 10.3 Å². The number of carbonyl (C=O) groups is 2. The first-order chi connectivity index (χ1) is 13.3. The highest BCUT2D eigenvalue weighted by Gasteiger charge is 2.20. The first kappa shape index (κ1) is 20.3. The van der Waals surface area contributed by atoms with Crippen molar-refractivity contribution in [3.8, 4) is 0 Å². The molecule has 2 aromatic heterocycles. The molecule has 2 heterocycles. The molecule has 146 valence electrons. The van der Waals surface area contributed by atoms with Crippen LogP contribution in [0.5, 0.6) is 0 Å². The first-order valence-corrected chi connectivity index (χ1v) is 10.6. The van der Waals surface area contributed by atoms with Crippen LogP contribution in [0.2, 0.25) is 0 Å². The maximum absolute atomic E-state index is 12.6. The lowest BCUT2D eigenvalue weighted by molar-refractivity contribution is 0.101. The lowest BCUT2D eigenvalue weighted by atomic mass is 10.1. The van der Waals surface area contributed by atoms with Gasteiger partial charge in [-0.2, -0.15) is 0 Å². The summed E-state index contributed by atoms with van der Waals surface area (Å²) in [4.78, 5) is 27.4. The number of rotatable bonds is 7. The van der Waals surface area contributed by atoms with Crippen LogP contribution in [0.4, 0.5) is 10.8 Å². The second kappa shape index (κ2) is 8.28. The molecule has 3 aromatic rings. The second-order valence-electron chi connectivity index (χ2n) is 6.64. The normalized spacial score (nSPS) is 10.9. The van der Waals surface area contributed by atoms with E-state index in [-0.39, 0.29) is 17.3 Å². The van der Waals surface area contributed by atoms with E-state index >= 15 is 0 Å². The van der Waals surface area contributed by atoms with E-state index < -0.39 is 0 Å². The van der Waals surface area contributed by atoms with E-state index in [0.29, 0.717) is 26.3 Å². The molecule has 1 aromatic carbocycles. The molecule has 0 amide bonds. The maximum Gasteiger partial charge on any atom is 0.210 e. The molecule has 0 aliphatic rings. The van der Waals surface area contributed by atoms with Crippen molar-refractivity contribution in [2.45, 2.75) is 39.0 Å². The second-order valence-corrected chi connectivity index (χ2v) is 8.84. The highest BCUT2D eigenvalue weighted by Crippen LogP contribution is 2.30. The summed E-state index contributed by atoms with van der Waals surface area (Å²) in [5.41, 5.74) is 5.91. The Bertz CT molecular complexity index is 1050. The minimum atomic E-state index is -0.0580. The van der Waals surface area contributed by atoms with E-state index in [2.05, 4.69) is 40.4 Å². The van der Waals surface area contributed by atoms with Gasteiger partial charge in [0.05, 0.1) is 11.4 Å². The molecule has 0 bridgehead atoms. The van der Waals surface area contributed by atoms with Crippen molar-refractivity contribution in [2.24, 2.45) is 0 Å². The van der Waals surface area contributed by atoms with E-state index in [4.69, 9.17) is 0 Å². The highest BCUT2D eigenvalue weighted by atomic mass is 32.2. The average Bonchev–Trinajstić information content (AvgIpc) is 3.20. The maximum atomic E-state index is 12.6. The van der Waals surface area contributed by atoms with Crippen molar-refractivity contribution < 1.29 is 9.59 Å². The Morgan fingerprint density at radius 2 is 1.89 bits per heavy atom. The van der Waals surface area contributed by atoms with Gasteiger partial charge in [0.15, 0.2) is 15.9 Å². The number of ketones is 2. The van der Waals surface area contributed by atoms with Gasteiger partial charge in [0.25, 0.3) is 0 Å². The molecule has 0 atom stereocenters. The minimum absolute atomic E-state index is 0.0377. The van der Waals surface area contributed by atoms with Crippen LogP contribution in [-0.4, -0.2) is 32.5 Å². The summed E-state index contributed by atoms with van der Waals surface area (Å²) in [6.45, 7) is 9.25. The Hall–Kier alpha value is -2.45. The summed E-state index contributed by atoms with van der Waals surface area (Å²) in [7, 11) is 0. The third kappa shape index (κ3) is 4.18. The van der Waals surface area contributed by atoms with Gasteiger partial charge in [-0.25, -0.2) is 0 Å². The molecule has 3 rings (SSSR count). The number of thioether (sulfide) groups is 1. The van der Waals surface area contributed by atoms with Crippen LogP contribution < -0.4 is 5.32 Å². The van der Waals surface area contributed by atoms with Gasteiger partial charge in [0.2, 0.25) is 5.13 Å². The molecular formula is C20H22N4O2S2. The summed E-state index contributed by atoms with van der Waals surface area (Å²) in [5.74, 6) is 0.137. The predicted octanol–water partition coefficient (Wildman–Crippen LogP) is 5.02. The SMILES string of the molecule is CC(=O)c1c(C)[nH]c(C(=O)CSc2nnc(Nc3cccc(C)c3C)s2)c1C. The lowest BCUT2D eigenvalue weighted by Gasteiger charge is -2.08. The molecule has 28 heavy (non-hydrogen) atoms. The number of anilines is 2. The molecule has 0 radical (unpaired) electrons. The van der Waals surface area contributed by atoms with Crippen LogP contribution in [0.3, 0.4) is 0 Å². The third-order valence-electron chi connectivity index (χ3n) is 4.65. The summed E-state index contributed by atoms with van der Waals surface area (Å²) >= 11 is 2.75. The zero-order chi connectivity index (χ0) is 20.4. The Morgan fingerprint density at radius 1 is 1.14 bits per heavy atom. The molecule has 2 N–H and O–H groups in total. The molecule has 0 saturated carbocycles. The van der Waals surface area contributed by atoms with E-state index in [9.17, 15) is 9.59 Å². The van der Waals surface area contributed by atoms with Gasteiger partial charge in [-0.1, -0.05) is 35.2 Å². The lowest BCUT2D eigenvalue weighted by Crippen LogP contribution is -2.05. The molecule has 0 spiro atoms.